The molecule has 6 nitrogen and oxygen atoms in total. The summed E-state index contributed by atoms with van der Waals surface area (Å²) in [7, 11) is 0. The van der Waals surface area contributed by atoms with Gasteiger partial charge in [-0.05, 0) is 63.0 Å². The van der Waals surface area contributed by atoms with Crippen LogP contribution in [-0.4, -0.2) is 61.3 Å². The number of likely N-dealkylation sites (tertiary alicyclic amines) is 2. The number of carbonyl (C=O) groups is 1. The van der Waals surface area contributed by atoms with Gasteiger partial charge in [0.15, 0.2) is 11.5 Å². The van der Waals surface area contributed by atoms with Crippen LogP contribution < -0.4 is 14.8 Å². The Bertz CT molecular complexity index is 616. The summed E-state index contributed by atoms with van der Waals surface area (Å²) in [6.45, 7) is 5.81. The SMILES string of the molecule is O=C(CN1CCC[C@H](N2CCCC2)C1)NCc1ccc2c(c1)OCO2. The molecule has 0 spiro atoms. The minimum absolute atomic E-state index is 0.0970. The quantitative estimate of drug-likeness (QED) is 0.878. The first-order valence-electron chi connectivity index (χ1n) is 9.39. The highest BCUT2D eigenvalue weighted by molar-refractivity contribution is 5.78. The number of ether oxygens (including phenoxy) is 2. The molecule has 0 aromatic heterocycles. The van der Waals surface area contributed by atoms with Crippen LogP contribution in [0.25, 0.3) is 0 Å². The summed E-state index contributed by atoms with van der Waals surface area (Å²) >= 11 is 0. The molecule has 1 N–H and O–H groups in total. The average Bonchev–Trinajstić information content (AvgIpc) is 3.31. The van der Waals surface area contributed by atoms with Gasteiger partial charge < -0.3 is 14.8 Å². The first-order chi connectivity index (χ1) is 12.3. The van der Waals surface area contributed by atoms with Crippen molar-refractivity contribution in [2.45, 2.75) is 38.3 Å². The van der Waals surface area contributed by atoms with Crippen LogP contribution in [0.5, 0.6) is 11.5 Å². The fourth-order valence-corrected chi connectivity index (χ4v) is 4.09. The standard InChI is InChI=1S/C19H27N3O3/c23-19(20-11-15-5-6-17-18(10-15)25-14-24-17)13-21-7-3-4-16(12-21)22-8-1-2-9-22/h5-6,10,16H,1-4,7-9,11-14H2,(H,20,23)/t16-/m0/s1. The van der Waals surface area contributed by atoms with Crippen LogP contribution >= 0.6 is 0 Å². The second-order valence-corrected chi connectivity index (χ2v) is 7.24. The lowest BCUT2D eigenvalue weighted by atomic mass is 10.0. The molecule has 0 radical (unpaired) electrons. The Labute approximate surface area is 149 Å². The third-order valence-electron chi connectivity index (χ3n) is 5.43. The van der Waals surface area contributed by atoms with Crippen molar-refractivity contribution < 1.29 is 14.3 Å². The number of benzene rings is 1. The molecule has 1 atom stereocenters. The first kappa shape index (κ1) is 16.7. The van der Waals surface area contributed by atoms with Crippen molar-refractivity contribution in [2.24, 2.45) is 0 Å². The normalized spacial score (nSPS) is 23.8. The fourth-order valence-electron chi connectivity index (χ4n) is 4.09. The van der Waals surface area contributed by atoms with E-state index in [1.807, 2.05) is 18.2 Å². The summed E-state index contributed by atoms with van der Waals surface area (Å²) < 4.78 is 10.7. The molecule has 0 bridgehead atoms. The summed E-state index contributed by atoms with van der Waals surface area (Å²) in [6, 6.07) is 6.44. The molecule has 136 valence electrons. The molecule has 0 aliphatic carbocycles. The maximum atomic E-state index is 12.3. The van der Waals surface area contributed by atoms with Crippen LogP contribution in [0.2, 0.25) is 0 Å². The van der Waals surface area contributed by atoms with Crippen molar-refractivity contribution in [3.8, 4) is 11.5 Å². The largest absolute Gasteiger partial charge is 0.454 e. The molecule has 1 aromatic carbocycles. The van der Waals surface area contributed by atoms with Crippen LogP contribution in [0.1, 0.15) is 31.2 Å². The van der Waals surface area contributed by atoms with Crippen LogP contribution in [0, 0.1) is 0 Å². The van der Waals surface area contributed by atoms with Crippen LogP contribution in [0.4, 0.5) is 0 Å². The van der Waals surface area contributed by atoms with Gasteiger partial charge in [-0.2, -0.15) is 0 Å². The van der Waals surface area contributed by atoms with E-state index in [9.17, 15) is 4.79 Å². The summed E-state index contributed by atoms with van der Waals surface area (Å²) in [5.74, 6) is 1.63. The number of nitrogens with zero attached hydrogens (tertiary/aromatic N) is 2. The second kappa shape index (κ2) is 7.62. The molecule has 3 heterocycles. The van der Waals surface area contributed by atoms with E-state index in [0.717, 1.165) is 30.2 Å². The third-order valence-corrected chi connectivity index (χ3v) is 5.43. The lowest BCUT2D eigenvalue weighted by Crippen LogP contribution is -2.49. The highest BCUT2D eigenvalue weighted by Gasteiger charge is 2.27. The zero-order chi connectivity index (χ0) is 17.1. The lowest BCUT2D eigenvalue weighted by molar-refractivity contribution is -0.122. The van der Waals surface area contributed by atoms with E-state index in [0.29, 0.717) is 19.1 Å². The maximum Gasteiger partial charge on any atom is 0.234 e. The van der Waals surface area contributed by atoms with Gasteiger partial charge in [0.05, 0.1) is 6.54 Å². The van der Waals surface area contributed by atoms with Gasteiger partial charge in [-0.25, -0.2) is 0 Å². The molecular formula is C19H27N3O3. The van der Waals surface area contributed by atoms with Gasteiger partial charge in [0.1, 0.15) is 0 Å². The molecule has 25 heavy (non-hydrogen) atoms. The Morgan fingerprint density at radius 1 is 1.12 bits per heavy atom. The zero-order valence-electron chi connectivity index (χ0n) is 14.7. The molecular weight excluding hydrogens is 318 g/mol. The van der Waals surface area contributed by atoms with Crippen molar-refractivity contribution >= 4 is 5.91 Å². The van der Waals surface area contributed by atoms with Crippen LogP contribution in [0.3, 0.4) is 0 Å². The zero-order valence-corrected chi connectivity index (χ0v) is 14.7. The van der Waals surface area contributed by atoms with Crippen molar-refractivity contribution in [1.29, 1.82) is 0 Å². The van der Waals surface area contributed by atoms with Gasteiger partial charge in [-0.1, -0.05) is 6.07 Å². The second-order valence-electron chi connectivity index (χ2n) is 7.24. The Kier molecular flexibility index (Phi) is 5.08. The number of rotatable bonds is 5. The Hall–Kier alpha value is -1.79. The fraction of sp³-hybridized carbons (Fsp3) is 0.632. The molecule has 1 amide bonds. The van der Waals surface area contributed by atoms with E-state index in [2.05, 4.69) is 15.1 Å². The predicted octanol–water partition coefficient (Wildman–Crippen LogP) is 1.59. The van der Waals surface area contributed by atoms with Crippen molar-refractivity contribution in [3.63, 3.8) is 0 Å². The predicted molar refractivity (Wildman–Crippen MR) is 94.7 cm³/mol. The van der Waals surface area contributed by atoms with E-state index >= 15 is 0 Å². The van der Waals surface area contributed by atoms with Crippen molar-refractivity contribution in [1.82, 2.24) is 15.1 Å². The average molecular weight is 345 g/mol. The number of piperidine rings is 1. The van der Waals surface area contributed by atoms with E-state index in [-0.39, 0.29) is 12.7 Å². The Balaban J connectivity index is 1.24. The van der Waals surface area contributed by atoms with E-state index in [1.165, 1.54) is 38.8 Å². The summed E-state index contributed by atoms with van der Waals surface area (Å²) in [4.78, 5) is 17.2. The van der Waals surface area contributed by atoms with E-state index in [1.54, 1.807) is 0 Å². The van der Waals surface area contributed by atoms with Gasteiger partial charge >= 0.3 is 0 Å². The highest BCUT2D eigenvalue weighted by Crippen LogP contribution is 2.32. The van der Waals surface area contributed by atoms with Gasteiger partial charge in [-0.15, -0.1) is 0 Å². The monoisotopic (exact) mass is 345 g/mol. The number of carbonyl (C=O) groups excluding carboxylic acids is 1. The number of hydrogen-bond acceptors (Lipinski definition) is 5. The minimum Gasteiger partial charge on any atom is -0.454 e. The molecule has 6 heteroatoms. The number of hydrogen-bond donors (Lipinski definition) is 1. The van der Waals surface area contributed by atoms with Gasteiger partial charge in [0.2, 0.25) is 12.7 Å². The minimum atomic E-state index is 0.0970. The summed E-state index contributed by atoms with van der Waals surface area (Å²) in [5.41, 5.74) is 1.03. The molecule has 3 aliphatic heterocycles. The molecule has 0 unspecified atom stereocenters. The number of fused-ring (bicyclic) bond motifs is 1. The molecule has 2 fully saturated rings. The van der Waals surface area contributed by atoms with Crippen molar-refractivity contribution in [3.05, 3.63) is 23.8 Å². The highest BCUT2D eigenvalue weighted by atomic mass is 16.7. The summed E-state index contributed by atoms with van der Waals surface area (Å²) in [6.07, 6.45) is 5.12. The van der Waals surface area contributed by atoms with Crippen LogP contribution in [-0.2, 0) is 11.3 Å². The van der Waals surface area contributed by atoms with E-state index < -0.39 is 0 Å². The first-order valence-corrected chi connectivity index (χ1v) is 9.39. The molecule has 2 saturated heterocycles. The molecule has 3 aliphatic rings. The van der Waals surface area contributed by atoms with E-state index in [4.69, 9.17) is 9.47 Å². The Morgan fingerprint density at radius 2 is 1.96 bits per heavy atom. The lowest BCUT2D eigenvalue weighted by Gasteiger charge is -2.37. The van der Waals surface area contributed by atoms with Gasteiger partial charge in [-0.3, -0.25) is 14.6 Å². The van der Waals surface area contributed by atoms with Crippen molar-refractivity contribution in [2.75, 3.05) is 39.5 Å². The number of nitrogens with one attached hydrogen (secondary N) is 1. The third kappa shape index (κ3) is 4.07. The Morgan fingerprint density at radius 3 is 2.84 bits per heavy atom. The smallest absolute Gasteiger partial charge is 0.234 e. The summed E-state index contributed by atoms with van der Waals surface area (Å²) in [5, 5.41) is 3.03. The number of amides is 1. The maximum absolute atomic E-state index is 12.3. The van der Waals surface area contributed by atoms with Gasteiger partial charge in [0, 0.05) is 19.1 Å². The molecule has 0 saturated carbocycles. The van der Waals surface area contributed by atoms with Gasteiger partial charge in [0.25, 0.3) is 0 Å². The molecule has 4 rings (SSSR count). The van der Waals surface area contributed by atoms with Crippen LogP contribution in [0.15, 0.2) is 18.2 Å². The molecule has 1 aromatic rings. The topological polar surface area (TPSA) is 54.0 Å².